The van der Waals surface area contributed by atoms with Crippen LogP contribution < -0.4 is 16.4 Å². The molecule has 0 saturated carbocycles. The van der Waals surface area contributed by atoms with Crippen molar-refractivity contribution in [2.75, 3.05) is 39.3 Å². The lowest BCUT2D eigenvalue weighted by Crippen LogP contribution is -2.41. The highest BCUT2D eigenvalue weighted by atomic mass is 16.2. The van der Waals surface area contributed by atoms with E-state index < -0.39 is 0 Å². The van der Waals surface area contributed by atoms with E-state index in [0.717, 1.165) is 58.2 Å². The highest BCUT2D eigenvalue weighted by molar-refractivity contribution is 5.76. The molecule has 0 aromatic carbocycles. The number of unbranched alkanes of at least 4 members (excludes halogenated alkanes) is 4. The van der Waals surface area contributed by atoms with Gasteiger partial charge >= 0.3 is 0 Å². The molecule has 0 heterocycles. The maximum atomic E-state index is 11.7. The Morgan fingerprint density at radius 1 is 0.792 bits per heavy atom. The Hall–Kier alpha value is -1.14. The first-order valence-corrected chi connectivity index (χ1v) is 9.59. The summed E-state index contributed by atoms with van der Waals surface area (Å²) < 4.78 is 0. The molecule has 4 N–H and O–H groups in total. The number of nitrogens with one attached hydrogen (secondary N) is 2. The van der Waals surface area contributed by atoms with Crippen molar-refractivity contribution in [3.63, 3.8) is 0 Å². The van der Waals surface area contributed by atoms with E-state index in [2.05, 4.69) is 29.4 Å². The monoisotopic (exact) mass is 342 g/mol. The Kier molecular flexibility index (Phi) is 15.9. The molecule has 6 nitrogen and oxygen atoms in total. The molecule has 0 aromatic heterocycles. The average molecular weight is 343 g/mol. The third-order valence-corrected chi connectivity index (χ3v) is 3.96. The van der Waals surface area contributed by atoms with Gasteiger partial charge in [0.05, 0.1) is 0 Å². The minimum absolute atomic E-state index is 0.125. The minimum Gasteiger partial charge on any atom is -0.355 e. The summed E-state index contributed by atoms with van der Waals surface area (Å²) in [5.41, 5.74) is 5.64. The van der Waals surface area contributed by atoms with Gasteiger partial charge in [-0.1, -0.05) is 39.5 Å². The van der Waals surface area contributed by atoms with Crippen LogP contribution in [0, 0.1) is 0 Å². The number of carbonyl (C=O) groups excluding carboxylic acids is 2. The van der Waals surface area contributed by atoms with Gasteiger partial charge in [0.25, 0.3) is 0 Å². The topological polar surface area (TPSA) is 87.5 Å². The number of carbonyl (C=O) groups is 2. The molecule has 0 spiro atoms. The first-order chi connectivity index (χ1) is 11.6. The normalized spacial score (nSPS) is 10.8. The Morgan fingerprint density at radius 2 is 1.25 bits per heavy atom. The third-order valence-electron chi connectivity index (χ3n) is 3.96. The zero-order chi connectivity index (χ0) is 18.0. The molecule has 0 saturated heterocycles. The minimum atomic E-state index is 0.125. The number of amides is 2. The van der Waals surface area contributed by atoms with Crippen LogP contribution in [0.2, 0.25) is 0 Å². The quantitative estimate of drug-likeness (QED) is 0.372. The van der Waals surface area contributed by atoms with E-state index in [9.17, 15) is 9.59 Å². The summed E-state index contributed by atoms with van der Waals surface area (Å²) in [4.78, 5) is 25.5. The summed E-state index contributed by atoms with van der Waals surface area (Å²) in [6, 6.07) is 0. The highest BCUT2D eigenvalue weighted by Crippen LogP contribution is 1.99. The standard InChI is InChI=1S/C18H38N4O2/c1-3-5-7-9-17(23)20-12-15-22(14-11-19)16-13-21-18(24)10-8-6-4-2/h3-16,19H2,1-2H3,(H,20,23)(H,21,24). The van der Waals surface area contributed by atoms with Crippen molar-refractivity contribution >= 4 is 11.8 Å². The van der Waals surface area contributed by atoms with Gasteiger partial charge in [-0.3, -0.25) is 14.5 Å². The van der Waals surface area contributed by atoms with Gasteiger partial charge in [-0.25, -0.2) is 0 Å². The van der Waals surface area contributed by atoms with Gasteiger partial charge in [0, 0.05) is 52.1 Å². The molecule has 0 rings (SSSR count). The maximum Gasteiger partial charge on any atom is 0.220 e. The van der Waals surface area contributed by atoms with Gasteiger partial charge < -0.3 is 16.4 Å². The third kappa shape index (κ3) is 14.5. The first-order valence-electron chi connectivity index (χ1n) is 9.59. The van der Waals surface area contributed by atoms with Crippen molar-refractivity contribution in [2.24, 2.45) is 5.73 Å². The van der Waals surface area contributed by atoms with Crippen LogP contribution in [0.15, 0.2) is 0 Å². The van der Waals surface area contributed by atoms with Crippen molar-refractivity contribution in [2.45, 2.75) is 65.2 Å². The van der Waals surface area contributed by atoms with Crippen LogP contribution in [0.3, 0.4) is 0 Å². The van der Waals surface area contributed by atoms with E-state index in [0.29, 0.717) is 32.5 Å². The summed E-state index contributed by atoms with van der Waals surface area (Å²) in [5.74, 6) is 0.251. The van der Waals surface area contributed by atoms with Gasteiger partial charge in [0.1, 0.15) is 0 Å². The Labute approximate surface area is 147 Å². The van der Waals surface area contributed by atoms with Gasteiger partial charge in [0.15, 0.2) is 0 Å². The fraction of sp³-hybridized carbons (Fsp3) is 0.889. The second-order valence-electron chi connectivity index (χ2n) is 6.24. The van der Waals surface area contributed by atoms with Crippen molar-refractivity contribution in [1.29, 1.82) is 0 Å². The zero-order valence-electron chi connectivity index (χ0n) is 15.7. The van der Waals surface area contributed by atoms with Crippen LogP contribution in [0.1, 0.15) is 65.2 Å². The lowest BCUT2D eigenvalue weighted by Gasteiger charge is -2.22. The van der Waals surface area contributed by atoms with Crippen molar-refractivity contribution < 1.29 is 9.59 Å². The predicted octanol–water partition coefficient (Wildman–Crippen LogP) is 1.64. The molecule has 0 atom stereocenters. The molecule has 0 aromatic rings. The van der Waals surface area contributed by atoms with Crippen LogP contribution in [0.25, 0.3) is 0 Å². The van der Waals surface area contributed by atoms with Gasteiger partial charge in [0.2, 0.25) is 11.8 Å². The molecule has 2 amide bonds. The van der Waals surface area contributed by atoms with Crippen LogP contribution >= 0.6 is 0 Å². The Bertz CT molecular complexity index is 296. The van der Waals surface area contributed by atoms with Crippen LogP contribution in [-0.2, 0) is 9.59 Å². The van der Waals surface area contributed by atoms with E-state index in [-0.39, 0.29) is 11.8 Å². The summed E-state index contributed by atoms with van der Waals surface area (Å²) in [6.45, 7) is 8.42. The highest BCUT2D eigenvalue weighted by Gasteiger charge is 2.07. The number of hydrogen-bond donors (Lipinski definition) is 3. The molecular formula is C18H38N4O2. The molecular weight excluding hydrogens is 304 g/mol. The summed E-state index contributed by atoms with van der Waals surface area (Å²) in [5, 5.41) is 5.91. The molecule has 24 heavy (non-hydrogen) atoms. The van der Waals surface area contributed by atoms with E-state index in [1.54, 1.807) is 0 Å². The summed E-state index contributed by atoms with van der Waals surface area (Å²) in [7, 11) is 0. The molecule has 0 bridgehead atoms. The number of nitrogens with two attached hydrogens (primary N) is 1. The molecule has 142 valence electrons. The van der Waals surface area contributed by atoms with E-state index in [1.165, 1.54) is 0 Å². The second kappa shape index (κ2) is 16.7. The lowest BCUT2D eigenvalue weighted by atomic mass is 10.2. The van der Waals surface area contributed by atoms with E-state index >= 15 is 0 Å². The van der Waals surface area contributed by atoms with Crippen LogP contribution in [0.4, 0.5) is 0 Å². The van der Waals surface area contributed by atoms with Crippen molar-refractivity contribution in [3.8, 4) is 0 Å². The molecule has 0 aliphatic heterocycles. The zero-order valence-corrected chi connectivity index (χ0v) is 15.7. The van der Waals surface area contributed by atoms with E-state index in [4.69, 9.17) is 5.73 Å². The number of rotatable bonds is 16. The molecule has 6 heteroatoms. The smallest absolute Gasteiger partial charge is 0.220 e. The molecule has 0 fully saturated rings. The Morgan fingerprint density at radius 3 is 1.62 bits per heavy atom. The fourth-order valence-corrected chi connectivity index (χ4v) is 2.47. The number of hydrogen-bond acceptors (Lipinski definition) is 4. The Balaban J connectivity index is 3.80. The average Bonchev–Trinajstić information content (AvgIpc) is 2.55. The molecule has 0 aliphatic rings. The first kappa shape index (κ1) is 22.9. The van der Waals surface area contributed by atoms with Crippen molar-refractivity contribution in [1.82, 2.24) is 15.5 Å². The molecule has 0 aliphatic carbocycles. The fourth-order valence-electron chi connectivity index (χ4n) is 2.47. The largest absolute Gasteiger partial charge is 0.355 e. The predicted molar refractivity (Wildman–Crippen MR) is 99.8 cm³/mol. The maximum absolute atomic E-state index is 11.7. The summed E-state index contributed by atoms with van der Waals surface area (Å²) >= 11 is 0. The second-order valence-corrected chi connectivity index (χ2v) is 6.24. The molecule has 0 radical (unpaired) electrons. The van der Waals surface area contributed by atoms with E-state index in [1.807, 2.05) is 0 Å². The molecule has 0 unspecified atom stereocenters. The number of nitrogens with zero attached hydrogens (tertiary/aromatic N) is 1. The summed E-state index contributed by atoms with van der Waals surface area (Å²) in [6.07, 6.45) is 7.59. The van der Waals surface area contributed by atoms with Gasteiger partial charge in [-0.2, -0.15) is 0 Å². The van der Waals surface area contributed by atoms with Crippen LogP contribution in [-0.4, -0.2) is 56.0 Å². The van der Waals surface area contributed by atoms with Gasteiger partial charge in [-0.15, -0.1) is 0 Å². The van der Waals surface area contributed by atoms with Crippen molar-refractivity contribution in [3.05, 3.63) is 0 Å². The van der Waals surface area contributed by atoms with Crippen LogP contribution in [0.5, 0.6) is 0 Å². The SMILES string of the molecule is CCCCCC(=O)NCCN(CCN)CCNC(=O)CCCCC. The lowest BCUT2D eigenvalue weighted by molar-refractivity contribution is -0.121. The van der Waals surface area contributed by atoms with Gasteiger partial charge in [-0.05, 0) is 12.8 Å².